The van der Waals surface area contributed by atoms with Gasteiger partial charge in [0.05, 0.1) is 0 Å². The van der Waals surface area contributed by atoms with E-state index in [1.165, 1.54) is 32.5 Å². The summed E-state index contributed by atoms with van der Waals surface area (Å²) in [5.41, 5.74) is 0.527. The van der Waals surface area contributed by atoms with Crippen LogP contribution in [0.25, 0.3) is 0 Å². The summed E-state index contributed by atoms with van der Waals surface area (Å²) in [7, 11) is 5.75. The number of aromatic nitrogens is 1. The number of likely N-dealkylation sites (tertiary alicyclic amines) is 1. The van der Waals surface area contributed by atoms with Crippen LogP contribution in [-0.4, -0.2) is 92.0 Å². The number of hydrogen-bond donors (Lipinski definition) is 0. The third-order valence-corrected chi connectivity index (χ3v) is 5.42. The third-order valence-electron chi connectivity index (χ3n) is 5.42. The molecule has 0 spiro atoms. The van der Waals surface area contributed by atoms with E-state index >= 15 is 0 Å². The highest BCUT2D eigenvalue weighted by atomic mass is 16.2. The number of rotatable bonds is 3. The molecule has 1 amide bonds. The summed E-state index contributed by atoms with van der Waals surface area (Å²) in [4.78, 5) is 25.8. The number of amides is 1. The third kappa shape index (κ3) is 4.50. The van der Waals surface area contributed by atoms with Crippen LogP contribution in [0.2, 0.25) is 0 Å². The zero-order valence-corrected chi connectivity index (χ0v) is 15.8. The molecule has 0 saturated carbocycles. The summed E-state index contributed by atoms with van der Waals surface area (Å²) in [5, 5.41) is 0. The van der Waals surface area contributed by atoms with Crippen molar-refractivity contribution in [2.24, 2.45) is 0 Å². The van der Waals surface area contributed by atoms with Gasteiger partial charge in [0, 0.05) is 46.3 Å². The lowest BCUT2D eigenvalue weighted by Crippen LogP contribution is -2.45. The molecule has 1 aromatic rings. The molecule has 138 valence electrons. The van der Waals surface area contributed by atoms with Crippen molar-refractivity contribution in [1.29, 1.82) is 0 Å². The van der Waals surface area contributed by atoms with Crippen LogP contribution < -0.4 is 4.90 Å². The molecule has 0 radical (unpaired) electrons. The number of nitrogens with zero attached hydrogens (tertiary/aromatic N) is 5. The van der Waals surface area contributed by atoms with E-state index in [0.717, 1.165) is 37.9 Å². The molecule has 25 heavy (non-hydrogen) atoms. The number of pyridine rings is 1. The average molecular weight is 345 g/mol. The molecule has 0 N–H and O–H groups in total. The first-order valence-electron chi connectivity index (χ1n) is 9.41. The molecule has 3 heterocycles. The molecular formula is C19H31N5O. The molecule has 1 aromatic heterocycles. The van der Waals surface area contributed by atoms with Crippen LogP contribution in [0.1, 0.15) is 29.8 Å². The number of carbonyl (C=O) groups is 1. The lowest BCUT2D eigenvalue weighted by Gasteiger charge is -2.36. The van der Waals surface area contributed by atoms with Crippen LogP contribution in [0.3, 0.4) is 0 Å². The van der Waals surface area contributed by atoms with Crippen LogP contribution in [0.15, 0.2) is 18.2 Å². The van der Waals surface area contributed by atoms with E-state index in [0.29, 0.717) is 5.69 Å². The second-order valence-electron chi connectivity index (χ2n) is 7.49. The number of carbonyl (C=O) groups excluding carboxylic acids is 1. The minimum atomic E-state index is -0.0374. The molecule has 0 atom stereocenters. The Bertz CT molecular complexity index is 583. The maximum atomic E-state index is 12.2. The van der Waals surface area contributed by atoms with Gasteiger partial charge in [0.2, 0.25) is 0 Å². The van der Waals surface area contributed by atoms with Gasteiger partial charge >= 0.3 is 0 Å². The molecule has 0 bridgehead atoms. The van der Waals surface area contributed by atoms with Crippen molar-refractivity contribution in [1.82, 2.24) is 19.7 Å². The first-order chi connectivity index (χ1) is 12.0. The van der Waals surface area contributed by atoms with Gasteiger partial charge in [-0.1, -0.05) is 6.07 Å². The number of anilines is 1. The predicted molar refractivity (Wildman–Crippen MR) is 101 cm³/mol. The largest absolute Gasteiger partial charge is 0.355 e. The summed E-state index contributed by atoms with van der Waals surface area (Å²) in [6.07, 6.45) is 3.71. The Morgan fingerprint density at radius 3 is 2.56 bits per heavy atom. The van der Waals surface area contributed by atoms with E-state index in [2.05, 4.69) is 26.7 Å². The SMILES string of the molecule is CN1CCC(N2CCCN(c3cccc(C(=O)N(C)C)n3)CC2)CC1. The van der Waals surface area contributed by atoms with Crippen LogP contribution in [0, 0.1) is 0 Å². The van der Waals surface area contributed by atoms with E-state index in [1.54, 1.807) is 25.1 Å². The highest BCUT2D eigenvalue weighted by molar-refractivity contribution is 5.92. The van der Waals surface area contributed by atoms with Gasteiger partial charge in [-0.05, 0) is 51.5 Å². The van der Waals surface area contributed by atoms with Gasteiger partial charge in [-0.15, -0.1) is 0 Å². The zero-order valence-electron chi connectivity index (χ0n) is 15.8. The van der Waals surface area contributed by atoms with E-state index < -0.39 is 0 Å². The van der Waals surface area contributed by atoms with Crippen molar-refractivity contribution < 1.29 is 4.79 Å². The Hall–Kier alpha value is -1.66. The van der Waals surface area contributed by atoms with Crippen LogP contribution in [-0.2, 0) is 0 Å². The van der Waals surface area contributed by atoms with Crippen molar-refractivity contribution in [3.05, 3.63) is 23.9 Å². The molecule has 2 fully saturated rings. The minimum Gasteiger partial charge on any atom is -0.355 e. The van der Waals surface area contributed by atoms with E-state index in [9.17, 15) is 4.79 Å². The quantitative estimate of drug-likeness (QED) is 0.828. The van der Waals surface area contributed by atoms with Gasteiger partial charge < -0.3 is 14.7 Å². The highest BCUT2D eigenvalue weighted by Gasteiger charge is 2.25. The molecule has 0 aromatic carbocycles. The first-order valence-corrected chi connectivity index (χ1v) is 9.41. The van der Waals surface area contributed by atoms with E-state index in [-0.39, 0.29) is 5.91 Å². The van der Waals surface area contributed by atoms with Crippen LogP contribution in [0.5, 0.6) is 0 Å². The van der Waals surface area contributed by atoms with Crippen molar-refractivity contribution >= 4 is 11.7 Å². The van der Waals surface area contributed by atoms with E-state index in [1.807, 2.05) is 12.1 Å². The Kier molecular flexibility index (Phi) is 5.91. The fourth-order valence-corrected chi connectivity index (χ4v) is 3.84. The van der Waals surface area contributed by atoms with Gasteiger partial charge in [0.25, 0.3) is 5.91 Å². The molecule has 6 heteroatoms. The van der Waals surface area contributed by atoms with Crippen molar-refractivity contribution in [2.45, 2.75) is 25.3 Å². The first kappa shape index (κ1) is 18.1. The van der Waals surface area contributed by atoms with E-state index in [4.69, 9.17) is 0 Å². The Morgan fingerprint density at radius 1 is 1.08 bits per heavy atom. The molecule has 2 aliphatic heterocycles. The second-order valence-corrected chi connectivity index (χ2v) is 7.49. The second kappa shape index (κ2) is 8.15. The van der Waals surface area contributed by atoms with Crippen LogP contribution >= 0.6 is 0 Å². The number of piperidine rings is 1. The Labute approximate surface area is 151 Å². The number of hydrogen-bond acceptors (Lipinski definition) is 5. The average Bonchev–Trinajstić information content (AvgIpc) is 2.88. The van der Waals surface area contributed by atoms with Crippen molar-refractivity contribution in [2.75, 3.05) is 65.3 Å². The summed E-state index contributed by atoms with van der Waals surface area (Å²) < 4.78 is 0. The maximum absolute atomic E-state index is 12.2. The van der Waals surface area contributed by atoms with Gasteiger partial charge in [-0.2, -0.15) is 0 Å². The predicted octanol–water partition coefficient (Wildman–Crippen LogP) is 1.39. The molecule has 0 aliphatic carbocycles. The zero-order chi connectivity index (χ0) is 17.8. The Morgan fingerprint density at radius 2 is 1.84 bits per heavy atom. The fraction of sp³-hybridized carbons (Fsp3) is 0.684. The molecule has 2 aliphatic rings. The van der Waals surface area contributed by atoms with Crippen molar-refractivity contribution in [3.8, 4) is 0 Å². The summed E-state index contributed by atoms with van der Waals surface area (Å²) in [6.45, 7) is 6.67. The van der Waals surface area contributed by atoms with Crippen molar-refractivity contribution in [3.63, 3.8) is 0 Å². The van der Waals surface area contributed by atoms with Crippen LogP contribution in [0.4, 0.5) is 5.82 Å². The highest BCUT2D eigenvalue weighted by Crippen LogP contribution is 2.20. The normalized spacial score (nSPS) is 21.2. The molecule has 6 nitrogen and oxygen atoms in total. The maximum Gasteiger partial charge on any atom is 0.272 e. The Balaban J connectivity index is 1.63. The monoisotopic (exact) mass is 345 g/mol. The lowest BCUT2D eigenvalue weighted by atomic mass is 10.0. The molecule has 2 saturated heterocycles. The lowest BCUT2D eigenvalue weighted by molar-refractivity contribution is 0.0822. The van der Waals surface area contributed by atoms with Gasteiger partial charge in [-0.3, -0.25) is 9.69 Å². The topological polar surface area (TPSA) is 42.9 Å². The molecular weight excluding hydrogens is 314 g/mol. The fourth-order valence-electron chi connectivity index (χ4n) is 3.84. The summed E-state index contributed by atoms with van der Waals surface area (Å²) >= 11 is 0. The molecule has 3 rings (SSSR count). The van der Waals surface area contributed by atoms with Gasteiger partial charge in [-0.25, -0.2) is 4.98 Å². The summed E-state index contributed by atoms with van der Waals surface area (Å²) in [5.74, 6) is 0.891. The smallest absolute Gasteiger partial charge is 0.272 e. The van der Waals surface area contributed by atoms with Gasteiger partial charge in [0.15, 0.2) is 0 Å². The standard InChI is InChI=1S/C19H31N5O/c1-21(2)19(25)17-6-4-7-18(20-17)24-11-5-10-23(14-15-24)16-8-12-22(3)13-9-16/h4,6-7,16H,5,8-15H2,1-3H3. The molecule has 0 unspecified atom stereocenters. The van der Waals surface area contributed by atoms with Gasteiger partial charge in [0.1, 0.15) is 11.5 Å². The summed E-state index contributed by atoms with van der Waals surface area (Å²) in [6, 6.07) is 6.50. The minimum absolute atomic E-state index is 0.0374.